The molecule has 0 radical (unpaired) electrons. The molecule has 1 aliphatic heterocycles. The van der Waals surface area contributed by atoms with Crippen LogP contribution < -0.4 is 10.2 Å². The zero-order chi connectivity index (χ0) is 13.8. The average Bonchev–Trinajstić information content (AvgIpc) is 2.71. The highest BCUT2D eigenvalue weighted by Gasteiger charge is 2.38. The second kappa shape index (κ2) is 5.50. The van der Waals surface area contributed by atoms with Gasteiger partial charge in [0, 0.05) is 20.1 Å². The van der Waals surface area contributed by atoms with Gasteiger partial charge < -0.3 is 10.1 Å². The summed E-state index contributed by atoms with van der Waals surface area (Å²) in [6.45, 7) is 0.401. The maximum atomic E-state index is 12.1. The van der Waals surface area contributed by atoms with Crippen LogP contribution in [-0.4, -0.2) is 31.7 Å². The summed E-state index contributed by atoms with van der Waals surface area (Å²) in [5, 5.41) is 11.3. The monoisotopic (exact) mass is 259 g/mol. The fourth-order valence-electron chi connectivity index (χ4n) is 1.89. The van der Waals surface area contributed by atoms with Crippen LogP contribution in [0.2, 0.25) is 0 Å². The van der Waals surface area contributed by atoms with Crippen molar-refractivity contribution in [2.24, 2.45) is 0 Å². The van der Waals surface area contributed by atoms with E-state index in [1.54, 1.807) is 31.4 Å². The fourth-order valence-corrected chi connectivity index (χ4v) is 1.89. The number of urea groups is 1. The Kier molecular flexibility index (Phi) is 3.78. The molecule has 3 amide bonds. The molecule has 1 heterocycles. The Bertz CT molecular complexity index is 533. The van der Waals surface area contributed by atoms with Crippen LogP contribution in [0.5, 0.6) is 0 Å². The highest BCUT2D eigenvalue weighted by molar-refractivity contribution is 6.21. The summed E-state index contributed by atoms with van der Waals surface area (Å²) in [6, 6.07) is 7.27. The van der Waals surface area contributed by atoms with Gasteiger partial charge in [-0.1, -0.05) is 0 Å². The van der Waals surface area contributed by atoms with Crippen molar-refractivity contribution in [3.63, 3.8) is 0 Å². The van der Waals surface area contributed by atoms with Crippen LogP contribution in [0.3, 0.4) is 0 Å². The van der Waals surface area contributed by atoms with Crippen molar-refractivity contribution in [1.82, 2.24) is 5.32 Å². The Morgan fingerprint density at radius 2 is 2.05 bits per heavy atom. The number of carbonyl (C=O) groups excluding carboxylic acids is 2. The molecule has 1 aliphatic rings. The van der Waals surface area contributed by atoms with Gasteiger partial charge in [0.15, 0.2) is 0 Å². The van der Waals surface area contributed by atoms with Gasteiger partial charge in [-0.3, -0.25) is 4.79 Å². The number of anilines is 1. The van der Waals surface area contributed by atoms with Crippen molar-refractivity contribution in [1.29, 1.82) is 5.26 Å². The van der Waals surface area contributed by atoms with E-state index < -0.39 is 12.1 Å². The third-order valence-electron chi connectivity index (χ3n) is 2.88. The molecule has 98 valence electrons. The summed E-state index contributed by atoms with van der Waals surface area (Å²) in [5.74, 6) is -0.299. The lowest BCUT2D eigenvalue weighted by molar-refractivity contribution is -0.118. The number of benzene rings is 1. The highest BCUT2D eigenvalue weighted by Crippen LogP contribution is 2.21. The number of ether oxygens (including phenoxy) is 1. The van der Waals surface area contributed by atoms with E-state index in [1.807, 2.05) is 6.07 Å². The van der Waals surface area contributed by atoms with Crippen molar-refractivity contribution >= 4 is 17.6 Å². The Hall–Kier alpha value is -2.39. The molecule has 1 fully saturated rings. The summed E-state index contributed by atoms with van der Waals surface area (Å²) in [5.41, 5.74) is 0.938. The molecule has 0 saturated carbocycles. The lowest BCUT2D eigenvalue weighted by atomic mass is 10.2. The predicted molar refractivity (Wildman–Crippen MR) is 67.5 cm³/mol. The first-order chi connectivity index (χ1) is 9.17. The van der Waals surface area contributed by atoms with Gasteiger partial charge >= 0.3 is 6.03 Å². The number of methoxy groups -OCH3 is 1. The largest absolute Gasteiger partial charge is 0.385 e. The van der Waals surface area contributed by atoms with Gasteiger partial charge in [-0.2, -0.15) is 5.26 Å². The van der Waals surface area contributed by atoms with E-state index in [4.69, 9.17) is 10.00 Å². The molecule has 6 nitrogen and oxygen atoms in total. The van der Waals surface area contributed by atoms with E-state index in [0.29, 0.717) is 24.3 Å². The van der Waals surface area contributed by atoms with Crippen molar-refractivity contribution in [2.75, 3.05) is 18.6 Å². The van der Waals surface area contributed by atoms with E-state index in [9.17, 15) is 9.59 Å². The molecule has 0 spiro atoms. The fraction of sp³-hybridized carbons (Fsp3) is 0.308. The molecule has 1 aromatic rings. The van der Waals surface area contributed by atoms with Crippen LogP contribution in [0, 0.1) is 11.3 Å². The van der Waals surface area contributed by atoms with Crippen LogP contribution in [-0.2, 0) is 9.53 Å². The number of amides is 3. The van der Waals surface area contributed by atoms with E-state index in [0.717, 1.165) is 4.90 Å². The van der Waals surface area contributed by atoms with Crippen LogP contribution in [0.4, 0.5) is 10.5 Å². The van der Waals surface area contributed by atoms with Crippen LogP contribution in [0.25, 0.3) is 0 Å². The Labute approximate surface area is 110 Å². The molecular formula is C13H13N3O3. The van der Waals surface area contributed by atoms with E-state index in [1.165, 1.54) is 0 Å². The maximum Gasteiger partial charge on any atom is 0.329 e. The van der Waals surface area contributed by atoms with E-state index in [2.05, 4.69) is 5.32 Å². The first-order valence-corrected chi connectivity index (χ1v) is 5.81. The minimum atomic E-state index is -0.553. The van der Waals surface area contributed by atoms with Gasteiger partial charge in [-0.25, -0.2) is 9.69 Å². The molecule has 2 rings (SSSR count). The van der Waals surface area contributed by atoms with E-state index in [-0.39, 0.29) is 5.91 Å². The van der Waals surface area contributed by atoms with Crippen molar-refractivity contribution in [2.45, 2.75) is 12.5 Å². The van der Waals surface area contributed by atoms with Crippen molar-refractivity contribution < 1.29 is 14.3 Å². The summed E-state index contributed by atoms with van der Waals surface area (Å²) >= 11 is 0. The Morgan fingerprint density at radius 1 is 1.37 bits per heavy atom. The standard InChI is InChI=1S/C13H13N3O3/c1-19-7-6-11-12(17)16(13(18)15-11)10-4-2-9(8-14)3-5-10/h2-5,11H,6-7H2,1H3,(H,15,18). The van der Waals surface area contributed by atoms with Crippen LogP contribution in [0.1, 0.15) is 12.0 Å². The van der Waals surface area contributed by atoms with Gasteiger partial charge in [-0.05, 0) is 24.3 Å². The van der Waals surface area contributed by atoms with Crippen LogP contribution in [0.15, 0.2) is 24.3 Å². The van der Waals surface area contributed by atoms with Gasteiger partial charge in [0.2, 0.25) is 0 Å². The third kappa shape index (κ3) is 2.56. The number of nitrogens with one attached hydrogen (secondary N) is 1. The number of carbonyl (C=O) groups is 2. The molecule has 1 aromatic carbocycles. The average molecular weight is 259 g/mol. The number of hydrogen-bond donors (Lipinski definition) is 1. The molecule has 6 heteroatoms. The number of rotatable bonds is 4. The molecule has 1 saturated heterocycles. The molecule has 0 aromatic heterocycles. The maximum absolute atomic E-state index is 12.1. The lowest BCUT2D eigenvalue weighted by Crippen LogP contribution is -2.31. The highest BCUT2D eigenvalue weighted by atomic mass is 16.5. The zero-order valence-electron chi connectivity index (χ0n) is 10.4. The quantitative estimate of drug-likeness (QED) is 0.818. The molecule has 1 N–H and O–H groups in total. The summed E-state index contributed by atoms with van der Waals surface area (Å²) in [7, 11) is 1.54. The van der Waals surface area contributed by atoms with Crippen molar-refractivity contribution in [3.05, 3.63) is 29.8 Å². The Morgan fingerprint density at radius 3 is 2.63 bits per heavy atom. The predicted octanol–water partition coefficient (Wildman–Crippen LogP) is 1.02. The summed E-state index contributed by atoms with van der Waals surface area (Å²) in [4.78, 5) is 25.0. The summed E-state index contributed by atoms with van der Waals surface area (Å²) in [6.07, 6.45) is 0.438. The smallest absolute Gasteiger partial charge is 0.329 e. The van der Waals surface area contributed by atoms with Gasteiger partial charge in [0.1, 0.15) is 6.04 Å². The minimum absolute atomic E-state index is 0.299. The zero-order valence-corrected chi connectivity index (χ0v) is 10.4. The molecule has 1 unspecified atom stereocenters. The molecule has 1 atom stereocenters. The molecule has 0 bridgehead atoms. The molecule has 0 aliphatic carbocycles. The SMILES string of the molecule is COCCC1NC(=O)N(c2ccc(C#N)cc2)C1=O. The topological polar surface area (TPSA) is 82.4 Å². The lowest BCUT2D eigenvalue weighted by Gasteiger charge is -2.12. The number of nitriles is 1. The third-order valence-corrected chi connectivity index (χ3v) is 2.88. The number of hydrogen-bond acceptors (Lipinski definition) is 4. The number of nitrogens with zero attached hydrogens (tertiary/aromatic N) is 2. The number of imide groups is 1. The molecule has 19 heavy (non-hydrogen) atoms. The van der Waals surface area contributed by atoms with Crippen LogP contribution >= 0.6 is 0 Å². The Balaban J connectivity index is 2.17. The minimum Gasteiger partial charge on any atom is -0.385 e. The van der Waals surface area contributed by atoms with Gasteiger partial charge in [-0.15, -0.1) is 0 Å². The summed E-state index contributed by atoms with van der Waals surface area (Å²) < 4.78 is 4.90. The van der Waals surface area contributed by atoms with Gasteiger partial charge in [0.05, 0.1) is 17.3 Å². The molecular weight excluding hydrogens is 246 g/mol. The first-order valence-electron chi connectivity index (χ1n) is 5.81. The second-order valence-electron chi connectivity index (χ2n) is 4.12. The van der Waals surface area contributed by atoms with Crippen molar-refractivity contribution in [3.8, 4) is 6.07 Å². The van der Waals surface area contributed by atoms with Gasteiger partial charge in [0.25, 0.3) is 5.91 Å². The van der Waals surface area contributed by atoms with E-state index >= 15 is 0 Å². The normalized spacial score (nSPS) is 18.3. The second-order valence-corrected chi connectivity index (χ2v) is 4.12. The first kappa shape index (κ1) is 13.1.